The molecule has 2 unspecified atom stereocenters. The molecule has 0 radical (unpaired) electrons. The molecule has 10 heteroatoms. The highest BCUT2D eigenvalue weighted by atomic mass is 31.2. The van der Waals surface area contributed by atoms with E-state index in [-0.39, 0.29) is 26.1 Å². The van der Waals surface area contributed by atoms with Crippen LogP contribution < -0.4 is 0 Å². The highest BCUT2D eigenvalue weighted by Gasteiger charge is 2.27. The van der Waals surface area contributed by atoms with E-state index in [1.165, 1.54) is 0 Å². The zero-order chi connectivity index (χ0) is 40.7. The first-order chi connectivity index (χ1) is 26.5. The van der Waals surface area contributed by atoms with Crippen LogP contribution in [0, 0.1) is 0 Å². The maximum Gasteiger partial charge on any atom is 0.472 e. The van der Waals surface area contributed by atoms with Crippen LogP contribution in [0.5, 0.6) is 0 Å². The number of phosphoric acid groups is 1. The van der Waals surface area contributed by atoms with Crippen molar-refractivity contribution in [1.82, 2.24) is 0 Å². The third kappa shape index (κ3) is 40.2. The molecule has 0 bridgehead atoms. The van der Waals surface area contributed by atoms with Gasteiger partial charge in [-0.15, -0.1) is 0 Å². The number of allylic oxidation sites excluding steroid dienone is 18. The van der Waals surface area contributed by atoms with Crippen LogP contribution >= 0.6 is 7.82 Å². The normalized spacial score (nSPS) is 14.8. The number of unbranched alkanes of at least 4 members (excludes halogenated alkanes) is 9. The Morgan fingerprint density at radius 1 is 0.582 bits per heavy atom. The van der Waals surface area contributed by atoms with E-state index in [9.17, 15) is 19.0 Å². The molecule has 9 nitrogen and oxygen atoms in total. The Morgan fingerprint density at radius 2 is 1.04 bits per heavy atom. The molecule has 1 N–H and O–H groups in total. The maximum atomic E-state index is 12.6. The summed E-state index contributed by atoms with van der Waals surface area (Å²) >= 11 is 0. The highest BCUT2D eigenvalue weighted by Crippen LogP contribution is 2.43. The van der Waals surface area contributed by atoms with Crippen molar-refractivity contribution >= 4 is 19.8 Å². The van der Waals surface area contributed by atoms with E-state index in [2.05, 4.69) is 50.3 Å². The van der Waals surface area contributed by atoms with E-state index in [0.717, 1.165) is 70.6 Å². The monoisotopic (exact) mass is 787 g/mol. The Hall–Kier alpha value is -3.33. The Morgan fingerprint density at radius 3 is 1.56 bits per heavy atom. The summed E-state index contributed by atoms with van der Waals surface area (Å²) in [5.74, 6) is -0.890. The smallest absolute Gasteiger partial charge is 0.462 e. The summed E-state index contributed by atoms with van der Waals surface area (Å²) in [5.41, 5.74) is 0. The molecule has 0 aliphatic rings. The van der Waals surface area contributed by atoms with Gasteiger partial charge in [0, 0.05) is 12.8 Å². The average molecular weight is 787 g/mol. The van der Waals surface area contributed by atoms with E-state index < -0.39 is 32.5 Å². The number of ether oxygens (including phenoxy) is 2. The predicted molar refractivity (Wildman–Crippen MR) is 228 cm³/mol. The molecule has 0 aliphatic heterocycles. The Labute approximate surface area is 334 Å². The van der Waals surface area contributed by atoms with Gasteiger partial charge in [0.05, 0.1) is 27.7 Å². The Kier molecular flexibility index (Phi) is 34.1. The molecule has 0 aromatic carbocycles. The molecule has 0 spiro atoms. The molecule has 2 atom stereocenters. The van der Waals surface area contributed by atoms with Gasteiger partial charge in [-0.3, -0.25) is 18.6 Å². The van der Waals surface area contributed by atoms with Crippen LogP contribution in [-0.4, -0.2) is 74.9 Å². The summed E-state index contributed by atoms with van der Waals surface area (Å²) in [6.07, 6.45) is 48.5. The van der Waals surface area contributed by atoms with Crippen LogP contribution in [0.1, 0.15) is 110 Å². The third-order valence-electron chi connectivity index (χ3n) is 7.74. The summed E-state index contributed by atoms with van der Waals surface area (Å²) in [6, 6.07) is 0. The van der Waals surface area contributed by atoms with Gasteiger partial charge in [-0.05, 0) is 51.4 Å². The van der Waals surface area contributed by atoms with Gasteiger partial charge < -0.3 is 18.9 Å². The van der Waals surface area contributed by atoms with Gasteiger partial charge >= 0.3 is 19.8 Å². The zero-order valence-electron chi connectivity index (χ0n) is 34.6. The first kappa shape index (κ1) is 51.7. The zero-order valence-corrected chi connectivity index (χ0v) is 35.5. The van der Waals surface area contributed by atoms with Gasteiger partial charge in [-0.25, -0.2) is 4.57 Å². The van der Waals surface area contributed by atoms with E-state index in [0.29, 0.717) is 23.9 Å². The molecular formula is C45H73NO8P+. The fraction of sp³-hybridized carbons (Fsp3) is 0.556. The van der Waals surface area contributed by atoms with E-state index in [1.54, 1.807) is 0 Å². The summed E-state index contributed by atoms with van der Waals surface area (Å²) < 4.78 is 34.1. The van der Waals surface area contributed by atoms with Gasteiger partial charge in [0.25, 0.3) is 0 Å². The second-order valence-electron chi connectivity index (χ2n) is 14.1. The number of phosphoric ester groups is 1. The molecule has 310 valence electrons. The minimum Gasteiger partial charge on any atom is -0.462 e. The first-order valence-corrected chi connectivity index (χ1v) is 21.7. The number of carbonyl (C=O) groups is 2. The Balaban J connectivity index is 4.54. The fourth-order valence-corrected chi connectivity index (χ4v) is 5.32. The summed E-state index contributed by atoms with van der Waals surface area (Å²) in [4.78, 5) is 35.3. The van der Waals surface area contributed by atoms with Crippen LogP contribution in [0.4, 0.5) is 0 Å². The number of carbonyl (C=O) groups excluding carboxylic acids is 2. The molecule has 55 heavy (non-hydrogen) atoms. The molecule has 0 rings (SSSR count). The largest absolute Gasteiger partial charge is 0.472 e. The number of esters is 2. The van der Waals surface area contributed by atoms with Gasteiger partial charge in [0.2, 0.25) is 0 Å². The minimum absolute atomic E-state index is 0.0117. The van der Waals surface area contributed by atoms with Crippen molar-refractivity contribution in [3.05, 3.63) is 109 Å². The average Bonchev–Trinajstić information content (AvgIpc) is 3.13. The molecule has 0 heterocycles. The summed E-state index contributed by atoms with van der Waals surface area (Å²) in [6.45, 7) is 4.06. The van der Waals surface area contributed by atoms with E-state index in [4.69, 9.17) is 18.5 Å². The van der Waals surface area contributed by atoms with Crippen molar-refractivity contribution in [2.75, 3.05) is 47.5 Å². The van der Waals surface area contributed by atoms with Crippen molar-refractivity contribution < 1.29 is 42.1 Å². The maximum absolute atomic E-state index is 12.6. The van der Waals surface area contributed by atoms with Crippen molar-refractivity contribution in [2.45, 2.75) is 116 Å². The molecule has 0 saturated carbocycles. The van der Waals surface area contributed by atoms with Crippen LogP contribution in [0.2, 0.25) is 0 Å². The second kappa shape index (κ2) is 36.3. The number of quaternary nitrogens is 1. The number of nitrogens with zero attached hydrogens (tertiary/aromatic N) is 1. The standard InChI is InChI=1S/C45H72NO8P/c1-6-8-10-12-14-16-18-20-21-22-23-24-26-27-29-31-33-35-37-44(47)51-41-43(42-53-55(49,50)52-40-39-46(3,4)5)54-45(48)38-36-34-32-30-28-25-19-17-15-13-11-9-7-2/h9-25,28,43H,6-8,26-27,29-42H2,1-5H3/p+1/b11-9+,12-10+,15-13+,16-14+,19-17+,20-18+,22-21+,24-23+,28-25+. The summed E-state index contributed by atoms with van der Waals surface area (Å²) in [5, 5.41) is 0. The quantitative estimate of drug-likeness (QED) is 0.0226. The van der Waals surface area contributed by atoms with Crippen LogP contribution in [-0.2, 0) is 32.7 Å². The molecule has 0 aromatic heterocycles. The summed E-state index contributed by atoms with van der Waals surface area (Å²) in [7, 11) is 1.41. The van der Waals surface area contributed by atoms with Crippen LogP contribution in [0.15, 0.2) is 109 Å². The highest BCUT2D eigenvalue weighted by molar-refractivity contribution is 7.47. The predicted octanol–water partition coefficient (Wildman–Crippen LogP) is 11.2. The van der Waals surface area contributed by atoms with Crippen LogP contribution in [0.25, 0.3) is 0 Å². The van der Waals surface area contributed by atoms with Crippen molar-refractivity contribution in [3.63, 3.8) is 0 Å². The lowest BCUT2D eigenvalue weighted by molar-refractivity contribution is -0.870. The van der Waals surface area contributed by atoms with Gasteiger partial charge in [-0.1, -0.05) is 155 Å². The number of likely N-dealkylation sites (N-methyl/N-ethyl adjacent to an activating group) is 1. The van der Waals surface area contributed by atoms with Gasteiger partial charge in [0.1, 0.15) is 19.8 Å². The topological polar surface area (TPSA) is 108 Å². The van der Waals surface area contributed by atoms with Crippen molar-refractivity contribution in [3.8, 4) is 0 Å². The number of rotatable bonds is 34. The molecule has 0 fully saturated rings. The van der Waals surface area contributed by atoms with E-state index >= 15 is 0 Å². The SMILES string of the molecule is CC/C=C/C=C/C=C/C=C/CCCCCC(=O)OC(COC(=O)CCCCCCC/C=C/C=C/C=C/C=C/C=C/CCC)COP(=O)(O)OCC[N+](C)(C)C. The number of hydrogen-bond acceptors (Lipinski definition) is 7. The Bertz CT molecular complexity index is 1300. The molecule has 0 aromatic rings. The minimum atomic E-state index is -4.40. The number of hydrogen-bond donors (Lipinski definition) is 1. The third-order valence-corrected chi connectivity index (χ3v) is 8.72. The van der Waals surface area contributed by atoms with Gasteiger partial charge in [0.15, 0.2) is 6.10 Å². The second-order valence-corrected chi connectivity index (χ2v) is 15.6. The molecule has 0 saturated heterocycles. The van der Waals surface area contributed by atoms with Crippen LogP contribution in [0.3, 0.4) is 0 Å². The molecule has 0 amide bonds. The lowest BCUT2D eigenvalue weighted by atomic mass is 10.1. The molecule has 0 aliphatic carbocycles. The van der Waals surface area contributed by atoms with Gasteiger partial charge in [-0.2, -0.15) is 0 Å². The lowest BCUT2D eigenvalue weighted by Gasteiger charge is -2.24. The van der Waals surface area contributed by atoms with E-state index in [1.807, 2.05) is 94.1 Å². The van der Waals surface area contributed by atoms with Crippen molar-refractivity contribution in [1.29, 1.82) is 0 Å². The molecular weight excluding hydrogens is 713 g/mol. The van der Waals surface area contributed by atoms with Crippen molar-refractivity contribution in [2.24, 2.45) is 0 Å². The fourth-order valence-electron chi connectivity index (χ4n) is 4.58. The first-order valence-electron chi connectivity index (χ1n) is 20.2. The lowest BCUT2D eigenvalue weighted by Crippen LogP contribution is -2.37.